The van der Waals surface area contributed by atoms with Gasteiger partial charge in [0.25, 0.3) is 5.91 Å². The Morgan fingerprint density at radius 3 is 2.97 bits per heavy atom. The molecule has 168 valence electrons. The number of furan rings is 1. The molecule has 8 nitrogen and oxygen atoms in total. The number of thiophene rings is 1. The number of halogens is 1. The van der Waals surface area contributed by atoms with E-state index in [1.54, 1.807) is 18.2 Å². The summed E-state index contributed by atoms with van der Waals surface area (Å²) < 4.78 is 8.01. The smallest absolute Gasteiger partial charge is 0.251 e. The van der Waals surface area contributed by atoms with E-state index in [4.69, 9.17) is 10.2 Å². The SMILES string of the molecule is C=CCn1c(SCC(=O)Nc2sc3c(c2C(N)=O)CCC(C)C3)nnc1-c1ccc(Br)o1. The second-order valence-corrected chi connectivity index (χ2v) is 10.4. The largest absolute Gasteiger partial charge is 0.446 e. The van der Waals surface area contributed by atoms with E-state index >= 15 is 0 Å². The molecule has 1 unspecified atom stereocenters. The Kier molecular flexibility index (Phi) is 6.87. The van der Waals surface area contributed by atoms with Crippen molar-refractivity contribution in [3.63, 3.8) is 0 Å². The van der Waals surface area contributed by atoms with E-state index in [1.165, 1.54) is 23.1 Å². The lowest BCUT2D eigenvalue weighted by molar-refractivity contribution is -0.113. The average molecular weight is 536 g/mol. The van der Waals surface area contributed by atoms with Crippen LogP contribution in [0, 0.1) is 5.92 Å². The lowest BCUT2D eigenvalue weighted by Gasteiger charge is -2.18. The van der Waals surface area contributed by atoms with Crippen LogP contribution >= 0.6 is 39.0 Å². The van der Waals surface area contributed by atoms with Crippen molar-refractivity contribution in [2.75, 3.05) is 11.1 Å². The van der Waals surface area contributed by atoms with E-state index in [2.05, 4.69) is 44.9 Å². The van der Waals surface area contributed by atoms with Crippen molar-refractivity contribution in [1.29, 1.82) is 0 Å². The summed E-state index contributed by atoms with van der Waals surface area (Å²) in [6.07, 6.45) is 4.46. The number of nitrogens with zero attached hydrogens (tertiary/aromatic N) is 3. The zero-order valence-electron chi connectivity index (χ0n) is 17.4. The number of rotatable bonds is 8. The molecule has 4 rings (SSSR count). The molecule has 3 N–H and O–H groups in total. The van der Waals surface area contributed by atoms with E-state index in [0.29, 0.717) is 44.4 Å². The Morgan fingerprint density at radius 2 is 2.28 bits per heavy atom. The van der Waals surface area contributed by atoms with E-state index < -0.39 is 5.91 Å². The molecule has 0 saturated carbocycles. The number of nitrogens with one attached hydrogen (secondary N) is 1. The van der Waals surface area contributed by atoms with Gasteiger partial charge in [0.2, 0.25) is 11.7 Å². The first-order valence-electron chi connectivity index (χ1n) is 10.0. The van der Waals surface area contributed by atoms with Crippen molar-refractivity contribution in [3.8, 4) is 11.6 Å². The summed E-state index contributed by atoms with van der Waals surface area (Å²) in [6.45, 7) is 6.44. The monoisotopic (exact) mass is 535 g/mol. The molecule has 0 bridgehead atoms. The molecule has 0 aliphatic heterocycles. The molecule has 1 atom stereocenters. The molecule has 3 aromatic rings. The molecule has 0 aromatic carbocycles. The van der Waals surface area contributed by atoms with Gasteiger partial charge in [0.05, 0.1) is 11.3 Å². The van der Waals surface area contributed by atoms with Crippen molar-refractivity contribution in [2.45, 2.75) is 37.9 Å². The van der Waals surface area contributed by atoms with Gasteiger partial charge >= 0.3 is 0 Å². The molecular weight excluding hydrogens is 514 g/mol. The molecule has 2 amide bonds. The van der Waals surface area contributed by atoms with Crippen LogP contribution in [0.2, 0.25) is 0 Å². The molecule has 0 saturated heterocycles. The lowest BCUT2D eigenvalue weighted by atomic mass is 9.88. The van der Waals surface area contributed by atoms with Crippen molar-refractivity contribution in [1.82, 2.24) is 14.8 Å². The number of anilines is 1. The van der Waals surface area contributed by atoms with Crippen LogP contribution in [0.1, 0.15) is 34.1 Å². The number of aromatic nitrogens is 3. The second kappa shape index (κ2) is 9.63. The average Bonchev–Trinajstić information content (AvgIpc) is 3.43. The highest BCUT2D eigenvalue weighted by Crippen LogP contribution is 2.39. The Bertz CT molecular complexity index is 1180. The summed E-state index contributed by atoms with van der Waals surface area (Å²) in [5.41, 5.74) is 7.08. The standard InChI is InChI=1S/C21H22BrN5O3S2/c1-3-8-27-19(13-6-7-15(22)30-13)25-26-21(27)31-10-16(28)24-20-17(18(23)29)12-5-4-11(2)9-14(12)32-20/h3,6-7,11H,1,4-5,8-10H2,2H3,(H2,23,29)(H,24,28). The van der Waals surface area contributed by atoms with Gasteiger partial charge in [-0.1, -0.05) is 24.8 Å². The van der Waals surface area contributed by atoms with Gasteiger partial charge in [-0.2, -0.15) is 0 Å². The molecule has 0 spiro atoms. The van der Waals surface area contributed by atoms with Crippen LogP contribution in [0.4, 0.5) is 5.00 Å². The van der Waals surface area contributed by atoms with Gasteiger partial charge in [-0.15, -0.1) is 28.1 Å². The summed E-state index contributed by atoms with van der Waals surface area (Å²) in [6, 6.07) is 3.57. The first-order chi connectivity index (χ1) is 15.4. The number of allylic oxidation sites excluding steroid dienone is 1. The van der Waals surface area contributed by atoms with Crippen LogP contribution in [0.5, 0.6) is 0 Å². The van der Waals surface area contributed by atoms with E-state index in [1.807, 2.05) is 4.57 Å². The van der Waals surface area contributed by atoms with Gasteiger partial charge < -0.3 is 15.5 Å². The van der Waals surface area contributed by atoms with Gasteiger partial charge in [0.1, 0.15) is 5.00 Å². The number of thioether (sulfide) groups is 1. The van der Waals surface area contributed by atoms with Crippen LogP contribution in [-0.2, 0) is 24.2 Å². The Labute approximate surface area is 201 Å². The van der Waals surface area contributed by atoms with Crippen LogP contribution < -0.4 is 11.1 Å². The molecular formula is C21H22BrN5O3S2. The maximum absolute atomic E-state index is 12.7. The van der Waals surface area contributed by atoms with E-state index in [9.17, 15) is 9.59 Å². The Morgan fingerprint density at radius 1 is 1.47 bits per heavy atom. The zero-order valence-corrected chi connectivity index (χ0v) is 20.6. The minimum Gasteiger partial charge on any atom is -0.446 e. The fourth-order valence-corrected chi connectivity index (χ4v) is 6.18. The molecule has 3 aromatic heterocycles. The summed E-state index contributed by atoms with van der Waals surface area (Å²) in [5.74, 6) is 1.04. The molecule has 32 heavy (non-hydrogen) atoms. The van der Waals surface area contributed by atoms with Gasteiger partial charge in [-0.3, -0.25) is 14.2 Å². The highest BCUT2D eigenvalue weighted by atomic mass is 79.9. The number of amides is 2. The number of primary amides is 1. The quantitative estimate of drug-likeness (QED) is 0.324. The Hall–Kier alpha value is -2.37. The van der Waals surface area contributed by atoms with Crippen molar-refractivity contribution < 1.29 is 14.0 Å². The summed E-state index contributed by atoms with van der Waals surface area (Å²) in [4.78, 5) is 25.9. The first kappa shape index (κ1) is 22.8. The predicted octanol–water partition coefficient (Wildman–Crippen LogP) is 4.50. The van der Waals surface area contributed by atoms with Gasteiger partial charge in [-0.05, 0) is 58.8 Å². The lowest BCUT2D eigenvalue weighted by Crippen LogP contribution is -2.20. The highest BCUT2D eigenvalue weighted by Gasteiger charge is 2.27. The molecule has 3 heterocycles. The molecule has 0 fully saturated rings. The number of hydrogen-bond acceptors (Lipinski definition) is 7. The number of hydrogen-bond donors (Lipinski definition) is 2. The third-order valence-corrected chi connectivity index (χ3v) is 7.73. The summed E-state index contributed by atoms with van der Waals surface area (Å²) >= 11 is 5.99. The normalized spacial score (nSPS) is 15.4. The van der Waals surface area contributed by atoms with Crippen LogP contribution in [0.3, 0.4) is 0 Å². The fourth-order valence-electron chi connectivity index (χ4n) is 3.70. The molecule has 11 heteroatoms. The van der Waals surface area contributed by atoms with Crippen molar-refractivity contribution >= 4 is 55.8 Å². The zero-order chi connectivity index (χ0) is 22.8. The topological polar surface area (TPSA) is 116 Å². The fraction of sp³-hybridized carbons (Fsp3) is 0.333. The van der Waals surface area contributed by atoms with Crippen LogP contribution in [-0.4, -0.2) is 32.3 Å². The third kappa shape index (κ3) is 4.69. The maximum Gasteiger partial charge on any atom is 0.251 e. The van der Waals surface area contributed by atoms with Gasteiger partial charge in [0, 0.05) is 11.4 Å². The minimum absolute atomic E-state index is 0.105. The molecule has 0 radical (unpaired) electrons. The predicted molar refractivity (Wildman–Crippen MR) is 129 cm³/mol. The number of carbonyl (C=O) groups is 2. The molecule has 1 aliphatic carbocycles. The second-order valence-electron chi connectivity index (χ2n) is 7.57. The van der Waals surface area contributed by atoms with Crippen molar-refractivity contribution in [3.05, 3.63) is 45.5 Å². The van der Waals surface area contributed by atoms with Gasteiger partial charge in [-0.25, -0.2) is 0 Å². The number of fused-ring (bicyclic) bond motifs is 1. The van der Waals surface area contributed by atoms with Gasteiger partial charge in [0.15, 0.2) is 15.6 Å². The number of nitrogens with two attached hydrogens (primary N) is 1. The Balaban J connectivity index is 1.49. The van der Waals surface area contributed by atoms with Crippen molar-refractivity contribution in [2.24, 2.45) is 11.7 Å². The third-order valence-electron chi connectivity index (χ3n) is 5.17. The minimum atomic E-state index is -0.500. The van der Waals surface area contributed by atoms with Crippen LogP contribution in [0.15, 0.2) is 39.0 Å². The first-order valence-corrected chi connectivity index (χ1v) is 12.6. The van der Waals surface area contributed by atoms with E-state index in [0.717, 1.165) is 29.7 Å². The summed E-state index contributed by atoms with van der Waals surface area (Å²) in [7, 11) is 0. The molecule has 1 aliphatic rings. The number of carbonyl (C=O) groups excluding carboxylic acids is 2. The van der Waals surface area contributed by atoms with E-state index in [-0.39, 0.29) is 11.7 Å². The highest BCUT2D eigenvalue weighted by molar-refractivity contribution is 9.10. The summed E-state index contributed by atoms with van der Waals surface area (Å²) in [5, 5.41) is 12.4. The maximum atomic E-state index is 12.7. The van der Waals surface area contributed by atoms with Crippen LogP contribution in [0.25, 0.3) is 11.6 Å².